The molecule has 0 aromatic heterocycles. The van der Waals surface area contributed by atoms with Gasteiger partial charge in [0.05, 0.1) is 12.1 Å². The molecule has 1 heterocycles. The first-order valence-corrected chi connectivity index (χ1v) is 8.96. The van der Waals surface area contributed by atoms with Crippen molar-refractivity contribution in [3.8, 4) is 5.75 Å². The molecule has 1 aromatic carbocycles. The first-order chi connectivity index (χ1) is 10.8. The summed E-state index contributed by atoms with van der Waals surface area (Å²) in [7, 11) is 0. The summed E-state index contributed by atoms with van der Waals surface area (Å²) in [5, 5.41) is 3.51. The molecule has 0 spiro atoms. The van der Waals surface area contributed by atoms with Crippen molar-refractivity contribution in [2.75, 3.05) is 32.8 Å². The molecule has 2 saturated carbocycles. The molecule has 22 heavy (non-hydrogen) atoms. The maximum Gasteiger partial charge on any atom is 0.119 e. The van der Waals surface area contributed by atoms with Crippen LogP contribution in [0.25, 0.3) is 0 Å². The maximum absolute atomic E-state index is 5.77. The lowest BCUT2D eigenvalue weighted by molar-refractivity contribution is 0.115. The number of rotatable bonds is 4. The van der Waals surface area contributed by atoms with Crippen LogP contribution in [0.5, 0.6) is 5.75 Å². The predicted octanol–water partition coefficient (Wildman–Crippen LogP) is 2.86. The minimum atomic E-state index is 0.307. The molecule has 120 valence electrons. The average molecular weight is 300 g/mol. The van der Waals surface area contributed by atoms with Gasteiger partial charge in [-0.15, -0.1) is 0 Å². The van der Waals surface area contributed by atoms with Gasteiger partial charge in [0.2, 0.25) is 0 Å². The smallest absolute Gasteiger partial charge is 0.119 e. The van der Waals surface area contributed by atoms with E-state index in [4.69, 9.17) is 4.74 Å². The van der Waals surface area contributed by atoms with Crippen molar-refractivity contribution < 1.29 is 4.74 Å². The molecule has 2 aliphatic carbocycles. The number of piperazine rings is 1. The summed E-state index contributed by atoms with van der Waals surface area (Å²) >= 11 is 0. The topological polar surface area (TPSA) is 24.5 Å². The van der Waals surface area contributed by atoms with E-state index in [1.54, 1.807) is 0 Å². The van der Waals surface area contributed by atoms with Gasteiger partial charge in [0.25, 0.3) is 0 Å². The van der Waals surface area contributed by atoms with E-state index in [0.29, 0.717) is 5.54 Å². The predicted molar refractivity (Wildman–Crippen MR) is 89.1 cm³/mol. The summed E-state index contributed by atoms with van der Waals surface area (Å²) in [6.45, 7) is 9.84. The van der Waals surface area contributed by atoms with Crippen LogP contribution in [0.3, 0.4) is 0 Å². The number of nitrogens with zero attached hydrogens (tertiary/aromatic N) is 1. The molecule has 4 atom stereocenters. The van der Waals surface area contributed by atoms with Gasteiger partial charge in [-0.1, -0.05) is 19.1 Å². The van der Waals surface area contributed by atoms with Gasteiger partial charge >= 0.3 is 0 Å². The van der Waals surface area contributed by atoms with E-state index in [1.807, 2.05) is 0 Å². The molecule has 0 bridgehead atoms. The van der Waals surface area contributed by atoms with E-state index in [0.717, 1.165) is 43.2 Å². The molecular formula is C19H28N2O. The Kier molecular flexibility index (Phi) is 3.66. The van der Waals surface area contributed by atoms with Gasteiger partial charge in [-0.05, 0) is 55.2 Å². The Morgan fingerprint density at radius 3 is 2.64 bits per heavy atom. The first-order valence-electron chi connectivity index (χ1n) is 8.96. The molecule has 3 nitrogen and oxygen atoms in total. The van der Waals surface area contributed by atoms with Gasteiger partial charge in [-0.25, -0.2) is 0 Å². The molecular weight excluding hydrogens is 272 g/mol. The highest BCUT2D eigenvalue weighted by atomic mass is 16.5. The molecule has 3 heteroatoms. The lowest BCUT2D eigenvalue weighted by atomic mass is 9.89. The fraction of sp³-hybridized carbons (Fsp3) is 0.684. The Morgan fingerprint density at radius 1 is 1.23 bits per heavy atom. The quantitative estimate of drug-likeness (QED) is 0.925. The summed E-state index contributed by atoms with van der Waals surface area (Å²) in [5.74, 6) is 3.66. The SMILES string of the molecule is CCOc1cccc(C2(N3CCNCC3)[C@@H]3CC(C)C[C@@H]32)c1. The second-order valence-corrected chi connectivity index (χ2v) is 7.31. The van der Waals surface area contributed by atoms with Crippen LogP contribution < -0.4 is 10.1 Å². The highest BCUT2D eigenvalue weighted by Gasteiger charge is 2.70. The van der Waals surface area contributed by atoms with Crippen LogP contribution >= 0.6 is 0 Å². The molecule has 1 saturated heterocycles. The summed E-state index contributed by atoms with van der Waals surface area (Å²) < 4.78 is 5.77. The fourth-order valence-corrected chi connectivity index (χ4v) is 5.29. The molecule has 1 aromatic rings. The lowest BCUT2D eigenvalue weighted by Gasteiger charge is -2.39. The number of ether oxygens (including phenoxy) is 1. The molecule has 1 N–H and O–H groups in total. The largest absolute Gasteiger partial charge is 0.494 e. The van der Waals surface area contributed by atoms with E-state index >= 15 is 0 Å². The van der Waals surface area contributed by atoms with Crippen molar-refractivity contribution in [2.24, 2.45) is 17.8 Å². The second-order valence-electron chi connectivity index (χ2n) is 7.31. The zero-order valence-electron chi connectivity index (χ0n) is 13.8. The van der Waals surface area contributed by atoms with Gasteiger partial charge in [0.15, 0.2) is 0 Å². The minimum absolute atomic E-state index is 0.307. The average Bonchev–Trinajstić information content (AvgIpc) is 2.97. The molecule has 0 radical (unpaired) electrons. The normalized spacial score (nSPS) is 37.8. The van der Waals surface area contributed by atoms with Crippen molar-refractivity contribution in [1.29, 1.82) is 0 Å². The van der Waals surface area contributed by atoms with Crippen molar-refractivity contribution in [3.63, 3.8) is 0 Å². The van der Waals surface area contributed by atoms with Gasteiger partial charge in [0, 0.05) is 26.2 Å². The third kappa shape index (κ3) is 2.10. The molecule has 3 fully saturated rings. The van der Waals surface area contributed by atoms with Crippen molar-refractivity contribution in [1.82, 2.24) is 10.2 Å². The second kappa shape index (κ2) is 5.54. The lowest BCUT2D eigenvalue weighted by Crippen LogP contribution is -2.50. The van der Waals surface area contributed by atoms with Crippen LogP contribution in [0, 0.1) is 17.8 Å². The Morgan fingerprint density at radius 2 is 1.95 bits per heavy atom. The van der Waals surface area contributed by atoms with Crippen LogP contribution in [0.1, 0.15) is 32.3 Å². The monoisotopic (exact) mass is 300 g/mol. The molecule has 1 aliphatic heterocycles. The van der Waals surface area contributed by atoms with Gasteiger partial charge < -0.3 is 10.1 Å². The van der Waals surface area contributed by atoms with Crippen LogP contribution in [-0.2, 0) is 5.54 Å². The standard InChI is InChI=1S/C19H28N2O/c1-3-22-16-6-4-5-15(13-16)19(21-9-7-20-8-10-21)17-11-14(2)12-18(17)19/h4-6,13-14,17-18,20H,3,7-12H2,1-2H3/t14?,17-,18+,19?. The third-order valence-electron chi connectivity index (χ3n) is 6.07. The number of nitrogens with one attached hydrogen (secondary N) is 1. The van der Waals surface area contributed by atoms with Gasteiger partial charge in [-0.3, -0.25) is 4.90 Å². The van der Waals surface area contributed by atoms with Crippen molar-refractivity contribution in [3.05, 3.63) is 29.8 Å². The van der Waals surface area contributed by atoms with E-state index < -0.39 is 0 Å². The Balaban J connectivity index is 1.68. The zero-order chi connectivity index (χ0) is 15.2. The van der Waals surface area contributed by atoms with Crippen LogP contribution in [0.4, 0.5) is 0 Å². The Labute approximate surface area is 134 Å². The zero-order valence-corrected chi connectivity index (χ0v) is 13.8. The summed E-state index contributed by atoms with van der Waals surface area (Å²) in [4.78, 5) is 2.77. The van der Waals surface area contributed by atoms with E-state index in [-0.39, 0.29) is 0 Å². The Hall–Kier alpha value is -1.06. The fourth-order valence-electron chi connectivity index (χ4n) is 5.29. The third-order valence-corrected chi connectivity index (χ3v) is 6.07. The molecule has 0 amide bonds. The van der Waals surface area contributed by atoms with Crippen LogP contribution in [0.15, 0.2) is 24.3 Å². The van der Waals surface area contributed by atoms with E-state index in [1.165, 1.54) is 31.5 Å². The van der Waals surface area contributed by atoms with E-state index in [9.17, 15) is 0 Å². The summed E-state index contributed by atoms with van der Waals surface area (Å²) in [5.41, 5.74) is 1.81. The number of hydrogen-bond donors (Lipinski definition) is 1. The number of hydrogen-bond acceptors (Lipinski definition) is 3. The number of benzene rings is 1. The Bertz CT molecular complexity index is 526. The highest BCUT2D eigenvalue weighted by Crippen LogP contribution is 2.70. The number of fused-ring (bicyclic) bond motifs is 1. The van der Waals surface area contributed by atoms with Crippen LogP contribution in [-0.4, -0.2) is 37.7 Å². The molecule has 4 rings (SSSR count). The summed E-state index contributed by atoms with van der Waals surface area (Å²) in [6.07, 6.45) is 2.79. The van der Waals surface area contributed by atoms with Crippen LogP contribution in [0.2, 0.25) is 0 Å². The van der Waals surface area contributed by atoms with Gasteiger partial charge in [0.1, 0.15) is 5.75 Å². The maximum atomic E-state index is 5.77. The minimum Gasteiger partial charge on any atom is -0.494 e. The molecule has 3 aliphatic rings. The van der Waals surface area contributed by atoms with Gasteiger partial charge in [-0.2, -0.15) is 0 Å². The molecule has 2 unspecified atom stereocenters. The van der Waals surface area contributed by atoms with Crippen molar-refractivity contribution in [2.45, 2.75) is 32.2 Å². The van der Waals surface area contributed by atoms with E-state index in [2.05, 4.69) is 48.3 Å². The van der Waals surface area contributed by atoms with Crippen molar-refractivity contribution >= 4 is 0 Å². The summed E-state index contributed by atoms with van der Waals surface area (Å²) in [6, 6.07) is 8.93. The first kappa shape index (κ1) is 14.5. The highest BCUT2D eigenvalue weighted by molar-refractivity contribution is 5.42.